The van der Waals surface area contributed by atoms with Gasteiger partial charge in [-0.1, -0.05) is 32.0 Å². The van der Waals surface area contributed by atoms with Gasteiger partial charge in [0.1, 0.15) is 0 Å². The van der Waals surface area contributed by atoms with Crippen LogP contribution in [0, 0.1) is 5.41 Å². The summed E-state index contributed by atoms with van der Waals surface area (Å²) in [7, 11) is 0. The van der Waals surface area contributed by atoms with Gasteiger partial charge in [-0.2, -0.15) is 0 Å². The molecule has 1 aliphatic rings. The molecule has 2 aromatic rings. The molecule has 1 aliphatic heterocycles. The topological polar surface area (TPSA) is 94.6 Å². The van der Waals surface area contributed by atoms with Crippen molar-refractivity contribution in [3.05, 3.63) is 60.4 Å². The maximum Gasteiger partial charge on any atom is 0.271 e. The normalized spacial score (nSPS) is 14.1. The van der Waals surface area contributed by atoms with Gasteiger partial charge >= 0.3 is 0 Å². The van der Waals surface area contributed by atoms with Gasteiger partial charge in [0.25, 0.3) is 5.91 Å². The number of nitrogens with zero attached hydrogens (tertiary/aromatic N) is 3. The first-order valence-electron chi connectivity index (χ1n) is 10.4. The number of hydrogen-bond acceptors (Lipinski definition) is 5. The quantitative estimate of drug-likeness (QED) is 0.693. The second-order valence-corrected chi connectivity index (χ2v) is 8.47. The van der Waals surface area contributed by atoms with Crippen molar-refractivity contribution >= 4 is 23.4 Å². The standard InChI is InChI=1S/C23H29N5O3/c1-23(2,15-20(29)25-26-22(31)18-7-6-10-24-17-18)16-21(30)28-13-11-27(12-14-28)19-8-4-3-5-9-19/h3-10,17H,11-16H2,1-2H3,(H,25,29)(H,26,31). The molecule has 0 unspecified atom stereocenters. The van der Waals surface area contributed by atoms with Gasteiger partial charge in [-0.25, -0.2) is 0 Å². The highest BCUT2D eigenvalue weighted by molar-refractivity contribution is 5.95. The molecule has 1 aromatic carbocycles. The summed E-state index contributed by atoms with van der Waals surface area (Å²) >= 11 is 0. The maximum absolute atomic E-state index is 12.8. The number of benzene rings is 1. The summed E-state index contributed by atoms with van der Waals surface area (Å²) in [5, 5.41) is 0. The SMILES string of the molecule is CC(C)(CC(=O)NNC(=O)c1cccnc1)CC(=O)N1CCN(c2ccccc2)CC1. The lowest BCUT2D eigenvalue weighted by atomic mass is 9.84. The van der Waals surface area contributed by atoms with E-state index in [1.54, 1.807) is 18.3 Å². The Labute approximate surface area is 182 Å². The van der Waals surface area contributed by atoms with Gasteiger partial charge in [-0.3, -0.25) is 30.2 Å². The third-order valence-corrected chi connectivity index (χ3v) is 5.26. The van der Waals surface area contributed by atoms with Crippen molar-refractivity contribution in [3.63, 3.8) is 0 Å². The van der Waals surface area contributed by atoms with Gasteiger partial charge in [0.2, 0.25) is 11.8 Å². The fourth-order valence-electron chi connectivity index (χ4n) is 3.61. The van der Waals surface area contributed by atoms with E-state index in [4.69, 9.17) is 0 Å². The van der Waals surface area contributed by atoms with Gasteiger partial charge in [-0.05, 0) is 29.7 Å². The van der Waals surface area contributed by atoms with E-state index < -0.39 is 11.3 Å². The van der Waals surface area contributed by atoms with E-state index in [1.807, 2.05) is 36.9 Å². The average Bonchev–Trinajstić information content (AvgIpc) is 2.78. The molecule has 8 heteroatoms. The number of hydrazine groups is 1. The van der Waals surface area contributed by atoms with Crippen molar-refractivity contribution in [1.82, 2.24) is 20.7 Å². The van der Waals surface area contributed by atoms with Gasteiger partial charge in [0.05, 0.1) is 5.56 Å². The van der Waals surface area contributed by atoms with E-state index >= 15 is 0 Å². The minimum atomic E-state index is -0.531. The van der Waals surface area contributed by atoms with Crippen LogP contribution in [-0.4, -0.2) is 53.8 Å². The van der Waals surface area contributed by atoms with E-state index in [1.165, 1.54) is 11.9 Å². The van der Waals surface area contributed by atoms with Crippen molar-refractivity contribution in [2.45, 2.75) is 26.7 Å². The second-order valence-electron chi connectivity index (χ2n) is 8.47. The number of aromatic nitrogens is 1. The first-order valence-corrected chi connectivity index (χ1v) is 10.4. The third-order valence-electron chi connectivity index (χ3n) is 5.26. The number of amides is 3. The molecule has 3 rings (SSSR count). The lowest BCUT2D eigenvalue weighted by Crippen LogP contribution is -2.50. The highest BCUT2D eigenvalue weighted by Gasteiger charge is 2.29. The van der Waals surface area contributed by atoms with Gasteiger partial charge in [0, 0.05) is 57.1 Å². The van der Waals surface area contributed by atoms with Crippen LogP contribution >= 0.6 is 0 Å². The molecule has 1 aromatic heterocycles. The van der Waals surface area contributed by atoms with Crippen molar-refractivity contribution in [1.29, 1.82) is 0 Å². The number of carbonyl (C=O) groups excluding carboxylic acids is 3. The third kappa shape index (κ3) is 6.53. The van der Waals surface area contributed by atoms with Crippen LogP contribution in [0.15, 0.2) is 54.9 Å². The molecule has 0 atom stereocenters. The molecule has 2 N–H and O–H groups in total. The van der Waals surface area contributed by atoms with Gasteiger partial charge < -0.3 is 9.80 Å². The Bertz CT molecular complexity index is 894. The van der Waals surface area contributed by atoms with Crippen LogP contribution in [-0.2, 0) is 9.59 Å². The molecule has 1 fully saturated rings. The highest BCUT2D eigenvalue weighted by atomic mass is 16.2. The molecule has 0 aliphatic carbocycles. The summed E-state index contributed by atoms with van der Waals surface area (Å²) in [6.45, 7) is 6.67. The Balaban J connectivity index is 1.43. The Morgan fingerprint density at radius 2 is 1.65 bits per heavy atom. The predicted molar refractivity (Wildman–Crippen MR) is 118 cm³/mol. The van der Waals surface area contributed by atoms with Crippen LogP contribution in [0.25, 0.3) is 0 Å². The fraction of sp³-hybridized carbons (Fsp3) is 0.391. The van der Waals surface area contributed by atoms with E-state index in [2.05, 4.69) is 32.9 Å². The van der Waals surface area contributed by atoms with Gasteiger partial charge in [-0.15, -0.1) is 0 Å². The minimum absolute atomic E-state index is 0.0462. The molecule has 0 bridgehead atoms. The zero-order valence-corrected chi connectivity index (χ0v) is 18.0. The molecule has 164 valence electrons. The molecule has 2 heterocycles. The zero-order valence-electron chi connectivity index (χ0n) is 18.0. The lowest BCUT2D eigenvalue weighted by molar-refractivity contribution is -0.134. The second kappa shape index (κ2) is 10.1. The molecular weight excluding hydrogens is 394 g/mol. The Morgan fingerprint density at radius 3 is 2.29 bits per heavy atom. The van der Waals surface area contributed by atoms with Crippen LogP contribution in [0.3, 0.4) is 0 Å². The number of piperazine rings is 1. The number of nitrogens with one attached hydrogen (secondary N) is 2. The number of carbonyl (C=O) groups is 3. The van der Waals surface area contributed by atoms with Crippen LogP contribution in [0.1, 0.15) is 37.0 Å². The van der Waals surface area contributed by atoms with Crippen LogP contribution < -0.4 is 15.8 Å². The van der Waals surface area contributed by atoms with E-state index in [-0.39, 0.29) is 24.7 Å². The van der Waals surface area contributed by atoms with Crippen LogP contribution in [0.5, 0.6) is 0 Å². The Kier molecular flexibility index (Phi) is 7.23. The molecular formula is C23H29N5O3. The maximum atomic E-state index is 12.8. The number of pyridine rings is 1. The van der Waals surface area contributed by atoms with Crippen molar-refractivity contribution in [2.24, 2.45) is 5.41 Å². The summed E-state index contributed by atoms with van der Waals surface area (Å²) in [6, 6.07) is 13.4. The van der Waals surface area contributed by atoms with Crippen LogP contribution in [0.4, 0.5) is 5.69 Å². The Hall–Kier alpha value is -3.42. The minimum Gasteiger partial charge on any atom is -0.368 e. The fourth-order valence-corrected chi connectivity index (χ4v) is 3.61. The summed E-state index contributed by atoms with van der Waals surface area (Å²) in [4.78, 5) is 45.1. The molecule has 0 saturated carbocycles. The first-order chi connectivity index (χ1) is 14.8. The number of para-hydroxylation sites is 1. The molecule has 1 saturated heterocycles. The molecule has 8 nitrogen and oxygen atoms in total. The number of anilines is 1. The molecule has 0 spiro atoms. The molecule has 0 radical (unpaired) electrons. The average molecular weight is 424 g/mol. The molecule has 3 amide bonds. The van der Waals surface area contributed by atoms with E-state index in [0.717, 1.165) is 13.1 Å². The number of rotatable bonds is 6. The van der Waals surface area contributed by atoms with Crippen molar-refractivity contribution < 1.29 is 14.4 Å². The van der Waals surface area contributed by atoms with Gasteiger partial charge in [0.15, 0.2) is 0 Å². The lowest BCUT2D eigenvalue weighted by Gasteiger charge is -2.37. The van der Waals surface area contributed by atoms with Crippen LogP contribution in [0.2, 0.25) is 0 Å². The first kappa shape index (κ1) is 22.3. The predicted octanol–water partition coefficient (Wildman–Crippen LogP) is 2.00. The zero-order chi connectivity index (χ0) is 22.3. The summed E-state index contributed by atoms with van der Waals surface area (Å²) < 4.78 is 0. The largest absolute Gasteiger partial charge is 0.368 e. The van der Waals surface area contributed by atoms with E-state index in [9.17, 15) is 14.4 Å². The van der Waals surface area contributed by atoms with Crippen molar-refractivity contribution in [3.8, 4) is 0 Å². The highest BCUT2D eigenvalue weighted by Crippen LogP contribution is 2.26. The van der Waals surface area contributed by atoms with E-state index in [0.29, 0.717) is 18.7 Å². The summed E-state index contributed by atoms with van der Waals surface area (Å²) in [5.74, 6) is -0.736. The monoisotopic (exact) mass is 423 g/mol. The van der Waals surface area contributed by atoms with Crippen molar-refractivity contribution in [2.75, 3.05) is 31.1 Å². The Morgan fingerprint density at radius 1 is 0.935 bits per heavy atom. The molecule has 31 heavy (non-hydrogen) atoms. The summed E-state index contributed by atoms with van der Waals surface area (Å²) in [5.41, 5.74) is 5.78. The summed E-state index contributed by atoms with van der Waals surface area (Å²) in [6.07, 6.45) is 3.37. The smallest absolute Gasteiger partial charge is 0.271 e. The number of hydrogen-bond donors (Lipinski definition) is 2.